The molecule has 1 aliphatic rings. The molecule has 1 aromatic rings. The van der Waals surface area contributed by atoms with Gasteiger partial charge in [-0.3, -0.25) is 0 Å². The maximum absolute atomic E-state index is 9.40. The van der Waals surface area contributed by atoms with Gasteiger partial charge in [-0.25, -0.2) is 0 Å². The summed E-state index contributed by atoms with van der Waals surface area (Å²) in [7, 11) is 0. The Morgan fingerprint density at radius 2 is 2.14 bits per heavy atom. The van der Waals surface area contributed by atoms with Crippen LogP contribution in [0.15, 0.2) is 24.3 Å². The van der Waals surface area contributed by atoms with E-state index in [9.17, 15) is 5.11 Å². The number of hydrogen-bond acceptors (Lipinski definition) is 3. The van der Waals surface area contributed by atoms with Crippen molar-refractivity contribution in [2.75, 3.05) is 19.8 Å². The number of hydrogen-bond donors (Lipinski definition) is 1. The third kappa shape index (κ3) is 2.17. The van der Waals surface area contributed by atoms with Crippen molar-refractivity contribution in [3.63, 3.8) is 0 Å². The van der Waals surface area contributed by atoms with Gasteiger partial charge in [-0.2, -0.15) is 0 Å². The van der Waals surface area contributed by atoms with Gasteiger partial charge in [0.25, 0.3) is 0 Å². The lowest BCUT2D eigenvalue weighted by Gasteiger charge is -2.25. The molecule has 14 heavy (non-hydrogen) atoms. The summed E-state index contributed by atoms with van der Waals surface area (Å²) in [4.78, 5) is 0. The Morgan fingerprint density at radius 1 is 1.36 bits per heavy atom. The molecule has 3 nitrogen and oxygen atoms in total. The van der Waals surface area contributed by atoms with E-state index >= 15 is 0 Å². The van der Waals surface area contributed by atoms with E-state index in [4.69, 9.17) is 9.47 Å². The van der Waals surface area contributed by atoms with Crippen LogP contribution in [0.3, 0.4) is 0 Å². The topological polar surface area (TPSA) is 38.7 Å². The lowest BCUT2D eigenvalue weighted by Crippen LogP contribution is -2.28. The van der Waals surface area contributed by atoms with Crippen LogP contribution in [0.1, 0.15) is 6.42 Å². The average molecular weight is 194 g/mol. The molecule has 0 amide bonds. The minimum atomic E-state index is 0.206. The fourth-order valence-corrected chi connectivity index (χ4v) is 1.37. The van der Waals surface area contributed by atoms with Gasteiger partial charge >= 0.3 is 0 Å². The molecule has 0 atom stereocenters. The fourth-order valence-electron chi connectivity index (χ4n) is 1.37. The Bertz CT molecular complexity index is 294. The highest BCUT2D eigenvalue weighted by Crippen LogP contribution is 2.25. The molecule has 3 heteroatoms. The van der Waals surface area contributed by atoms with Crippen LogP contribution in [-0.4, -0.2) is 24.9 Å². The van der Waals surface area contributed by atoms with Crippen molar-refractivity contribution < 1.29 is 14.6 Å². The Balaban J connectivity index is 1.76. The number of phenols is 1. The highest BCUT2D eigenvalue weighted by atomic mass is 16.5. The molecule has 1 fully saturated rings. The van der Waals surface area contributed by atoms with Gasteiger partial charge in [0.15, 0.2) is 11.5 Å². The minimum Gasteiger partial charge on any atom is -0.504 e. The monoisotopic (exact) mass is 194 g/mol. The van der Waals surface area contributed by atoms with Crippen LogP contribution in [-0.2, 0) is 4.74 Å². The van der Waals surface area contributed by atoms with Crippen molar-refractivity contribution in [1.82, 2.24) is 0 Å². The van der Waals surface area contributed by atoms with E-state index in [1.165, 1.54) is 0 Å². The van der Waals surface area contributed by atoms with E-state index in [2.05, 4.69) is 0 Å². The standard InChI is InChI=1S/C11H14O3/c12-10-3-1-2-4-11(10)14-6-5-9-7-13-8-9/h1-4,9,12H,5-8H2. The molecular formula is C11H14O3. The van der Waals surface area contributed by atoms with Gasteiger partial charge in [-0.15, -0.1) is 0 Å². The van der Waals surface area contributed by atoms with Crippen molar-refractivity contribution in [2.24, 2.45) is 5.92 Å². The third-order valence-corrected chi connectivity index (χ3v) is 2.36. The maximum atomic E-state index is 9.40. The summed E-state index contributed by atoms with van der Waals surface area (Å²) in [6.07, 6.45) is 0.994. The summed E-state index contributed by atoms with van der Waals surface area (Å²) in [5.74, 6) is 1.41. The van der Waals surface area contributed by atoms with Crippen LogP contribution in [0.5, 0.6) is 11.5 Å². The molecule has 0 unspecified atom stereocenters. The van der Waals surface area contributed by atoms with Crippen molar-refractivity contribution in [3.05, 3.63) is 24.3 Å². The molecule has 1 N–H and O–H groups in total. The minimum absolute atomic E-state index is 0.206. The highest BCUT2D eigenvalue weighted by molar-refractivity contribution is 5.37. The molecule has 1 saturated heterocycles. The van der Waals surface area contributed by atoms with Gasteiger partial charge in [0.2, 0.25) is 0 Å². The van der Waals surface area contributed by atoms with Crippen molar-refractivity contribution in [3.8, 4) is 11.5 Å². The zero-order valence-electron chi connectivity index (χ0n) is 7.98. The first-order chi connectivity index (χ1) is 6.86. The molecule has 0 radical (unpaired) electrons. The number of rotatable bonds is 4. The quantitative estimate of drug-likeness (QED) is 0.794. The van der Waals surface area contributed by atoms with Crippen molar-refractivity contribution in [1.29, 1.82) is 0 Å². The number of para-hydroxylation sites is 2. The molecule has 76 valence electrons. The van der Waals surface area contributed by atoms with Crippen molar-refractivity contribution >= 4 is 0 Å². The smallest absolute Gasteiger partial charge is 0.160 e. The first-order valence-electron chi connectivity index (χ1n) is 4.85. The van der Waals surface area contributed by atoms with Crippen molar-refractivity contribution in [2.45, 2.75) is 6.42 Å². The molecule has 1 heterocycles. The SMILES string of the molecule is Oc1ccccc1OCCC1COC1. The van der Waals surface area contributed by atoms with Crippen LogP contribution in [0.2, 0.25) is 0 Å². The molecule has 0 saturated carbocycles. The summed E-state index contributed by atoms with van der Waals surface area (Å²) >= 11 is 0. The molecule has 1 aromatic carbocycles. The average Bonchev–Trinajstić information content (AvgIpc) is 2.12. The second-order valence-corrected chi connectivity index (χ2v) is 3.51. The first-order valence-corrected chi connectivity index (χ1v) is 4.85. The second-order valence-electron chi connectivity index (χ2n) is 3.51. The number of benzene rings is 1. The van der Waals surface area contributed by atoms with Gasteiger partial charge in [0.05, 0.1) is 19.8 Å². The van der Waals surface area contributed by atoms with E-state index < -0.39 is 0 Å². The zero-order valence-corrected chi connectivity index (χ0v) is 7.98. The van der Waals surface area contributed by atoms with Gasteiger partial charge in [0, 0.05) is 5.92 Å². The summed E-state index contributed by atoms with van der Waals surface area (Å²) < 4.78 is 10.5. The number of aromatic hydroxyl groups is 1. The van der Waals surface area contributed by atoms with Crippen LogP contribution < -0.4 is 4.74 Å². The van der Waals surface area contributed by atoms with Gasteiger partial charge < -0.3 is 14.6 Å². The Morgan fingerprint density at radius 3 is 2.79 bits per heavy atom. The predicted molar refractivity (Wildman–Crippen MR) is 52.5 cm³/mol. The lowest BCUT2D eigenvalue weighted by atomic mass is 10.1. The molecule has 1 aliphatic heterocycles. The van der Waals surface area contributed by atoms with Crippen LogP contribution in [0.4, 0.5) is 0 Å². The van der Waals surface area contributed by atoms with E-state index in [-0.39, 0.29) is 5.75 Å². The molecule has 2 rings (SSSR count). The molecular weight excluding hydrogens is 180 g/mol. The van der Waals surface area contributed by atoms with E-state index in [0.717, 1.165) is 19.6 Å². The Labute approximate surface area is 83.3 Å². The van der Waals surface area contributed by atoms with E-state index in [1.54, 1.807) is 18.2 Å². The predicted octanol–water partition coefficient (Wildman–Crippen LogP) is 1.81. The van der Waals surface area contributed by atoms with E-state index in [0.29, 0.717) is 18.3 Å². The zero-order chi connectivity index (χ0) is 9.80. The number of ether oxygens (including phenoxy) is 2. The van der Waals surface area contributed by atoms with Crippen LogP contribution in [0, 0.1) is 5.92 Å². The third-order valence-electron chi connectivity index (χ3n) is 2.36. The Kier molecular flexibility index (Phi) is 2.89. The summed E-state index contributed by atoms with van der Waals surface area (Å²) in [6, 6.07) is 7.03. The highest BCUT2D eigenvalue weighted by Gasteiger charge is 2.17. The largest absolute Gasteiger partial charge is 0.504 e. The van der Waals surface area contributed by atoms with E-state index in [1.807, 2.05) is 6.07 Å². The molecule has 0 aliphatic carbocycles. The summed E-state index contributed by atoms with van der Waals surface area (Å²) in [5, 5.41) is 9.40. The fraction of sp³-hybridized carbons (Fsp3) is 0.455. The molecule has 0 spiro atoms. The summed E-state index contributed by atoms with van der Waals surface area (Å²) in [5.41, 5.74) is 0. The molecule has 0 aromatic heterocycles. The maximum Gasteiger partial charge on any atom is 0.160 e. The lowest BCUT2D eigenvalue weighted by molar-refractivity contribution is -0.0402. The number of phenolic OH excluding ortho intramolecular Hbond substituents is 1. The Hall–Kier alpha value is -1.22. The van der Waals surface area contributed by atoms with Crippen LogP contribution in [0.25, 0.3) is 0 Å². The second kappa shape index (κ2) is 4.33. The summed E-state index contributed by atoms with van der Waals surface area (Å²) in [6.45, 7) is 2.35. The molecule has 0 bridgehead atoms. The normalized spacial score (nSPS) is 16.3. The van der Waals surface area contributed by atoms with Gasteiger partial charge in [-0.1, -0.05) is 12.1 Å². The van der Waals surface area contributed by atoms with Gasteiger partial charge in [-0.05, 0) is 18.6 Å². The van der Waals surface area contributed by atoms with Crippen LogP contribution >= 0.6 is 0 Å². The first kappa shape index (κ1) is 9.34. The van der Waals surface area contributed by atoms with Gasteiger partial charge in [0.1, 0.15) is 0 Å².